The van der Waals surface area contributed by atoms with Crippen LogP contribution in [0.4, 0.5) is 0 Å². The fraction of sp³-hybridized carbons (Fsp3) is 1.00. The van der Waals surface area contributed by atoms with Crippen LogP contribution in [0.5, 0.6) is 0 Å². The van der Waals surface area contributed by atoms with E-state index in [1.165, 1.54) is 10.6 Å². The summed E-state index contributed by atoms with van der Waals surface area (Å²) in [4.78, 5) is 0. The number of hydrogen-bond donors (Lipinski definition) is 1. The maximum absolute atomic E-state index is 11.1. The number of hydrogen-bond acceptors (Lipinski definition) is 4. The van der Waals surface area contributed by atoms with E-state index in [4.69, 9.17) is 9.84 Å². The number of sulfonamides is 1. The molecule has 14 heavy (non-hydrogen) atoms. The Morgan fingerprint density at radius 2 is 2.29 bits per heavy atom. The molecule has 0 aromatic carbocycles. The van der Waals surface area contributed by atoms with Crippen molar-refractivity contribution < 1.29 is 18.3 Å². The van der Waals surface area contributed by atoms with E-state index in [1.54, 1.807) is 0 Å². The van der Waals surface area contributed by atoms with Gasteiger partial charge in [-0.1, -0.05) is 0 Å². The van der Waals surface area contributed by atoms with Gasteiger partial charge in [0, 0.05) is 26.3 Å². The summed E-state index contributed by atoms with van der Waals surface area (Å²) in [5.41, 5.74) is 0. The van der Waals surface area contributed by atoms with Gasteiger partial charge in [0.2, 0.25) is 10.0 Å². The third-order valence-corrected chi connectivity index (χ3v) is 3.50. The van der Waals surface area contributed by atoms with E-state index in [0.717, 1.165) is 6.42 Å². The van der Waals surface area contributed by atoms with Gasteiger partial charge in [-0.2, -0.15) is 4.31 Å². The van der Waals surface area contributed by atoms with E-state index < -0.39 is 10.0 Å². The highest BCUT2D eigenvalue weighted by molar-refractivity contribution is 7.88. The molecule has 1 saturated heterocycles. The third kappa shape index (κ3) is 3.53. The summed E-state index contributed by atoms with van der Waals surface area (Å²) in [6.45, 7) is 1.61. The minimum absolute atomic E-state index is 0.00345. The first-order valence-corrected chi connectivity index (χ1v) is 6.56. The zero-order valence-electron chi connectivity index (χ0n) is 8.35. The first kappa shape index (κ1) is 11.9. The summed E-state index contributed by atoms with van der Waals surface area (Å²) in [6, 6.07) is 0. The van der Waals surface area contributed by atoms with E-state index in [2.05, 4.69) is 0 Å². The van der Waals surface area contributed by atoms with Crippen LogP contribution in [0.3, 0.4) is 0 Å². The van der Waals surface area contributed by atoms with E-state index in [0.29, 0.717) is 26.1 Å². The smallest absolute Gasteiger partial charge is 0.211 e. The SMILES string of the molecule is CS(=O)(=O)N1CCC(OCCCO)C1. The Morgan fingerprint density at radius 1 is 1.57 bits per heavy atom. The summed E-state index contributed by atoms with van der Waals surface area (Å²) in [5, 5.41) is 8.54. The van der Waals surface area contributed by atoms with Crippen molar-refractivity contribution in [3.8, 4) is 0 Å². The lowest BCUT2D eigenvalue weighted by Gasteiger charge is -2.13. The summed E-state index contributed by atoms with van der Waals surface area (Å²) in [6.07, 6.45) is 2.56. The first-order chi connectivity index (χ1) is 6.54. The van der Waals surface area contributed by atoms with Gasteiger partial charge in [0.1, 0.15) is 0 Å². The Bertz CT molecular complexity index is 265. The number of nitrogens with zero attached hydrogens (tertiary/aromatic N) is 1. The molecule has 1 atom stereocenters. The van der Waals surface area contributed by atoms with Crippen LogP contribution in [0.25, 0.3) is 0 Å². The van der Waals surface area contributed by atoms with E-state index >= 15 is 0 Å². The van der Waals surface area contributed by atoms with Crippen LogP contribution in [-0.2, 0) is 14.8 Å². The van der Waals surface area contributed by atoms with Crippen LogP contribution in [0.2, 0.25) is 0 Å². The molecule has 84 valence electrons. The lowest BCUT2D eigenvalue weighted by molar-refractivity contribution is 0.0537. The molecule has 1 unspecified atom stereocenters. The van der Waals surface area contributed by atoms with Crippen molar-refractivity contribution in [3.63, 3.8) is 0 Å². The van der Waals surface area contributed by atoms with Crippen molar-refractivity contribution in [2.45, 2.75) is 18.9 Å². The van der Waals surface area contributed by atoms with Gasteiger partial charge in [0.15, 0.2) is 0 Å². The van der Waals surface area contributed by atoms with Crippen molar-refractivity contribution in [3.05, 3.63) is 0 Å². The predicted molar refractivity (Wildman–Crippen MR) is 52.5 cm³/mol. The molecule has 5 nitrogen and oxygen atoms in total. The zero-order valence-corrected chi connectivity index (χ0v) is 9.16. The fourth-order valence-corrected chi connectivity index (χ4v) is 2.32. The maximum atomic E-state index is 11.1. The number of ether oxygens (including phenoxy) is 1. The lowest BCUT2D eigenvalue weighted by Crippen LogP contribution is -2.29. The summed E-state index contributed by atoms with van der Waals surface area (Å²) < 4.78 is 29.1. The Balaban J connectivity index is 2.28. The summed E-state index contributed by atoms with van der Waals surface area (Å²) >= 11 is 0. The van der Waals surface area contributed by atoms with Gasteiger partial charge in [-0.05, 0) is 12.8 Å². The monoisotopic (exact) mass is 223 g/mol. The molecule has 0 bridgehead atoms. The van der Waals surface area contributed by atoms with Crippen molar-refractivity contribution >= 4 is 10.0 Å². The van der Waals surface area contributed by atoms with E-state index in [1.807, 2.05) is 0 Å². The molecule has 6 heteroatoms. The van der Waals surface area contributed by atoms with Crippen molar-refractivity contribution in [2.24, 2.45) is 0 Å². The molecule has 1 rings (SSSR count). The van der Waals surface area contributed by atoms with Gasteiger partial charge in [-0.25, -0.2) is 8.42 Å². The molecule has 0 aromatic heterocycles. The zero-order chi connectivity index (χ0) is 10.6. The van der Waals surface area contributed by atoms with Crippen LogP contribution >= 0.6 is 0 Å². The van der Waals surface area contributed by atoms with Gasteiger partial charge < -0.3 is 9.84 Å². The van der Waals surface area contributed by atoms with Crippen LogP contribution in [0.15, 0.2) is 0 Å². The molecule has 1 fully saturated rings. The van der Waals surface area contributed by atoms with Gasteiger partial charge >= 0.3 is 0 Å². The van der Waals surface area contributed by atoms with Gasteiger partial charge in [0.25, 0.3) is 0 Å². The number of rotatable bonds is 5. The van der Waals surface area contributed by atoms with Crippen LogP contribution < -0.4 is 0 Å². The number of aliphatic hydroxyl groups is 1. The minimum Gasteiger partial charge on any atom is -0.396 e. The highest BCUT2D eigenvalue weighted by Crippen LogP contribution is 2.15. The predicted octanol–water partition coefficient (Wildman–Crippen LogP) is -0.581. The van der Waals surface area contributed by atoms with Crippen molar-refractivity contribution in [1.82, 2.24) is 4.31 Å². The minimum atomic E-state index is -3.06. The average molecular weight is 223 g/mol. The van der Waals surface area contributed by atoms with Crippen LogP contribution in [0.1, 0.15) is 12.8 Å². The molecule has 0 radical (unpaired) electrons. The largest absolute Gasteiger partial charge is 0.396 e. The second-order valence-corrected chi connectivity index (χ2v) is 5.46. The van der Waals surface area contributed by atoms with Crippen LogP contribution in [-0.4, -0.2) is 56.5 Å². The van der Waals surface area contributed by atoms with Gasteiger partial charge in [-0.15, -0.1) is 0 Å². The van der Waals surface area contributed by atoms with Crippen molar-refractivity contribution in [1.29, 1.82) is 0 Å². The fourth-order valence-electron chi connectivity index (χ4n) is 1.45. The Morgan fingerprint density at radius 3 is 2.79 bits per heavy atom. The van der Waals surface area contributed by atoms with Gasteiger partial charge in [0.05, 0.1) is 12.4 Å². The van der Waals surface area contributed by atoms with Crippen molar-refractivity contribution in [2.75, 3.05) is 32.6 Å². The normalized spacial score (nSPS) is 24.3. The molecular formula is C8H17NO4S. The second-order valence-electron chi connectivity index (χ2n) is 3.48. The molecule has 0 aliphatic carbocycles. The Kier molecular flexibility index (Phi) is 4.31. The molecule has 1 aliphatic heterocycles. The van der Waals surface area contributed by atoms with Gasteiger partial charge in [-0.3, -0.25) is 0 Å². The average Bonchev–Trinajstić information content (AvgIpc) is 2.52. The molecular weight excluding hydrogens is 206 g/mol. The van der Waals surface area contributed by atoms with E-state index in [9.17, 15) is 8.42 Å². The molecule has 0 aromatic rings. The Labute approximate surface area is 84.7 Å². The van der Waals surface area contributed by atoms with E-state index in [-0.39, 0.29) is 12.7 Å². The molecule has 1 aliphatic rings. The quantitative estimate of drug-likeness (QED) is 0.633. The molecule has 0 saturated carbocycles. The third-order valence-electron chi connectivity index (χ3n) is 2.23. The number of aliphatic hydroxyl groups excluding tert-OH is 1. The maximum Gasteiger partial charge on any atom is 0.211 e. The molecule has 0 amide bonds. The Hall–Kier alpha value is -0.170. The lowest BCUT2D eigenvalue weighted by atomic mass is 10.3. The van der Waals surface area contributed by atoms with Crippen LogP contribution in [0, 0.1) is 0 Å². The standard InChI is InChI=1S/C8H17NO4S/c1-14(11,12)9-4-3-8(7-9)13-6-2-5-10/h8,10H,2-7H2,1H3. The summed E-state index contributed by atoms with van der Waals surface area (Å²) in [7, 11) is -3.06. The molecule has 1 N–H and O–H groups in total. The topological polar surface area (TPSA) is 66.8 Å². The highest BCUT2D eigenvalue weighted by Gasteiger charge is 2.28. The summed E-state index contributed by atoms with van der Waals surface area (Å²) in [5.74, 6) is 0. The molecule has 1 heterocycles. The second kappa shape index (κ2) is 5.06. The molecule has 0 spiro atoms. The first-order valence-electron chi connectivity index (χ1n) is 4.71. The highest BCUT2D eigenvalue weighted by atomic mass is 32.2.